The van der Waals surface area contributed by atoms with Gasteiger partial charge >= 0.3 is 122 Å². The normalized spacial score (nSPS) is 14.2. The molecule has 0 unspecified atom stereocenters. The van der Waals surface area contributed by atoms with Crippen molar-refractivity contribution in [3.05, 3.63) is 23.8 Å². The Labute approximate surface area is 122 Å². The molecule has 0 aliphatic carbocycles. The molecule has 1 radical (unpaired) electrons. The number of hydrogen-bond donors (Lipinski definition) is 0. The Kier molecular flexibility index (Phi) is 5.55. The number of fused-ring (bicyclic) bond motifs is 1. The summed E-state index contributed by atoms with van der Waals surface area (Å²) in [6.45, 7) is 1.18. The van der Waals surface area contributed by atoms with Gasteiger partial charge in [-0.25, -0.2) is 0 Å². The second-order valence-corrected chi connectivity index (χ2v) is 13.5. The predicted octanol–water partition coefficient (Wildman–Crippen LogP) is 3.57. The number of ketones is 1. The standard InChI is InChI=1S/C13H15O3.2CH3.Sn/c1-2-3-8-15-11-5-4-6-12-13(11)10(14)7-9-16-12;;;/h4-6H,1-3,7-9H2;2*1H3;. The van der Waals surface area contributed by atoms with Crippen LogP contribution in [0.5, 0.6) is 11.5 Å². The van der Waals surface area contributed by atoms with Gasteiger partial charge in [0.25, 0.3) is 0 Å². The van der Waals surface area contributed by atoms with Gasteiger partial charge in [0.15, 0.2) is 0 Å². The van der Waals surface area contributed by atoms with Crippen molar-refractivity contribution in [1.82, 2.24) is 0 Å². The maximum atomic E-state index is 11.9. The van der Waals surface area contributed by atoms with Crippen LogP contribution >= 0.6 is 0 Å². The van der Waals surface area contributed by atoms with E-state index in [1.807, 2.05) is 18.2 Å². The molecule has 1 aliphatic heterocycles. The van der Waals surface area contributed by atoms with Crippen LogP contribution in [0.1, 0.15) is 29.6 Å². The first-order valence-corrected chi connectivity index (χ1v) is 14.6. The van der Waals surface area contributed by atoms with Crippen LogP contribution in [0.2, 0.25) is 14.3 Å². The molecule has 4 heteroatoms. The molecule has 19 heavy (non-hydrogen) atoms. The molecule has 2 rings (SSSR count). The minimum absolute atomic E-state index is 0.134. The zero-order valence-corrected chi connectivity index (χ0v) is 14.6. The third-order valence-electron chi connectivity index (χ3n) is 3.18. The summed E-state index contributed by atoms with van der Waals surface area (Å²) in [7, 11) is 0. The van der Waals surface area contributed by atoms with Crippen LogP contribution in [-0.2, 0) is 0 Å². The van der Waals surface area contributed by atoms with Crippen LogP contribution in [0.25, 0.3) is 0 Å². The fourth-order valence-electron chi connectivity index (χ4n) is 2.17. The van der Waals surface area contributed by atoms with Crippen molar-refractivity contribution in [2.75, 3.05) is 13.2 Å². The number of rotatable bonds is 6. The molecular formula is C15H21O3Sn. The van der Waals surface area contributed by atoms with E-state index >= 15 is 0 Å². The number of Topliss-reactive ketones (excluding diaryl/α,β-unsaturated/α-hetero) is 1. The van der Waals surface area contributed by atoms with Crippen LogP contribution in [0, 0.1) is 0 Å². The second kappa shape index (κ2) is 7.17. The first kappa shape index (κ1) is 14.7. The zero-order valence-electron chi connectivity index (χ0n) is 11.7. The Morgan fingerprint density at radius 3 is 2.95 bits per heavy atom. The zero-order chi connectivity index (χ0) is 13.7. The summed E-state index contributed by atoms with van der Waals surface area (Å²) < 4.78 is 12.7. The number of benzene rings is 1. The molecule has 0 N–H and O–H groups in total. The van der Waals surface area contributed by atoms with Gasteiger partial charge in [-0.1, -0.05) is 0 Å². The molecule has 0 amide bonds. The van der Waals surface area contributed by atoms with Gasteiger partial charge < -0.3 is 0 Å². The third kappa shape index (κ3) is 4.13. The summed E-state index contributed by atoms with van der Waals surface area (Å²) in [5.74, 6) is 1.50. The van der Waals surface area contributed by atoms with Crippen molar-refractivity contribution >= 4 is 25.5 Å². The van der Waals surface area contributed by atoms with Gasteiger partial charge in [-0.2, -0.15) is 0 Å². The van der Waals surface area contributed by atoms with Crippen molar-refractivity contribution in [1.29, 1.82) is 0 Å². The predicted molar refractivity (Wildman–Crippen MR) is 77.9 cm³/mol. The van der Waals surface area contributed by atoms with Gasteiger partial charge in [0.2, 0.25) is 0 Å². The van der Waals surface area contributed by atoms with Crippen LogP contribution in [-0.4, -0.2) is 38.8 Å². The van der Waals surface area contributed by atoms with Crippen molar-refractivity contribution in [2.45, 2.75) is 33.6 Å². The van der Waals surface area contributed by atoms with Crippen LogP contribution < -0.4 is 9.47 Å². The molecule has 0 aromatic heterocycles. The fraction of sp³-hybridized carbons (Fsp3) is 0.533. The van der Waals surface area contributed by atoms with Crippen LogP contribution in [0.3, 0.4) is 0 Å². The summed E-state index contributed by atoms with van der Waals surface area (Å²) >= 11 is -0.939. The van der Waals surface area contributed by atoms with Crippen LogP contribution in [0.15, 0.2) is 18.2 Å². The Morgan fingerprint density at radius 1 is 1.32 bits per heavy atom. The van der Waals surface area contributed by atoms with E-state index in [0.29, 0.717) is 36.7 Å². The number of ether oxygens (including phenoxy) is 2. The molecule has 0 saturated heterocycles. The second-order valence-electron chi connectivity index (χ2n) is 5.16. The van der Waals surface area contributed by atoms with Crippen molar-refractivity contribution in [2.24, 2.45) is 0 Å². The van der Waals surface area contributed by atoms with Gasteiger partial charge in [-0.15, -0.1) is 0 Å². The van der Waals surface area contributed by atoms with E-state index in [4.69, 9.17) is 9.47 Å². The Balaban J connectivity index is 1.92. The van der Waals surface area contributed by atoms with Gasteiger partial charge in [0.05, 0.1) is 0 Å². The minimum atomic E-state index is -0.939. The fourth-order valence-corrected chi connectivity index (χ4v) is 4.90. The van der Waals surface area contributed by atoms with Gasteiger partial charge in [-0.05, 0) is 0 Å². The molecule has 1 aliphatic rings. The molecule has 1 aromatic carbocycles. The average molecular weight is 368 g/mol. The Bertz CT molecular complexity index is 443. The molecule has 0 spiro atoms. The van der Waals surface area contributed by atoms with E-state index < -0.39 is 19.8 Å². The summed E-state index contributed by atoms with van der Waals surface area (Å²) in [6, 6.07) is 5.59. The molecule has 0 fully saturated rings. The maximum absolute atomic E-state index is 11.9. The molecule has 1 heterocycles. The molecule has 0 saturated carbocycles. The number of hydrogen-bond acceptors (Lipinski definition) is 3. The summed E-state index contributed by atoms with van der Waals surface area (Å²) in [5.41, 5.74) is 0.635. The number of carbonyl (C=O) groups excluding carboxylic acids is 1. The van der Waals surface area contributed by atoms with E-state index in [0.717, 1.165) is 6.42 Å². The average Bonchev–Trinajstić information content (AvgIpc) is 2.38. The molecule has 0 atom stereocenters. The molecule has 103 valence electrons. The molecule has 3 nitrogen and oxygen atoms in total. The van der Waals surface area contributed by atoms with Gasteiger partial charge in [0.1, 0.15) is 0 Å². The van der Waals surface area contributed by atoms with Crippen LogP contribution in [0.4, 0.5) is 0 Å². The van der Waals surface area contributed by atoms with Crippen molar-refractivity contribution in [3.63, 3.8) is 0 Å². The van der Waals surface area contributed by atoms with Crippen molar-refractivity contribution in [3.8, 4) is 11.5 Å². The monoisotopic (exact) mass is 369 g/mol. The number of unbranched alkanes of at least 4 members (excludes halogenated alkanes) is 1. The first-order valence-electron chi connectivity index (χ1n) is 6.89. The van der Waals surface area contributed by atoms with Gasteiger partial charge in [0, 0.05) is 0 Å². The molecule has 1 aromatic rings. The summed E-state index contributed by atoms with van der Waals surface area (Å²) in [6.07, 6.45) is 2.78. The van der Waals surface area contributed by atoms with E-state index in [9.17, 15) is 4.79 Å². The molecular weight excluding hydrogens is 347 g/mol. The van der Waals surface area contributed by atoms with E-state index in [1.165, 1.54) is 10.9 Å². The third-order valence-corrected chi connectivity index (χ3v) is 7.05. The SMILES string of the molecule is [CH3][Sn]([CH3])[CH2]CCCOc1cccc2c1C(=O)CCO2. The quantitative estimate of drug-likeness (QED) is 0.569. The van der Waals surface area contributed by atoms with Gasteiger partial charge in [-0.3, -0.25) is 0 Å². The first-order chi connectivity index (χ1) is 9.18. The van der Waals surface area contributed by atoms with E-state index in [-0.39, 0.29) is 5.78 Å². The topological polar surface area (TPSA) is 35.5 Å². The van der Waals surface area contributed by atoms with Crippen molar-refractivity contribution < 1.29 is 14.3 Å². The Hall–Kier alpha value is -0.711. The van der Waals surface area contributed by atoms with E-state index in [1.54, 1.807) is 0 Å². The number of carbonyl (C=O) groups is 1. The molecule has 0 bridgehead atoms. The Morgan fingerprint density at radius 2 is 2.16 bits per heavy atom. The summed E-state index contributed by atoms with van der Waals surface area (Å²) in [5, 5.41) is 0. The summed E-state index contributed by atoms with van der Waals surface area (Å²) in [4.78, 5) is 16.8. The van der Waals surface area contributed by atoms with E-state index in [2.05, 4.69) is 9.88 Å².